The topological polar surface area (TPSA) is 12.4 Å². The first-order chi connectivity index (χ1) is 8.15. The van der Waals surface area contributed by atoms with E-state index >= 15 is 0 Å². The molecule has 0 bridgehead atoms. The van der Waals surface area contributed by atoms with E-state index < -0.39 is 0 Å². The Morgan fingerprint density at radius 1 is 0.824 bits per heavy atom. The SMILES string of the molecule is Clc1ccc(C=Nc2ccc(Cl)cc2Cl)cc1. The zero-order chi connectivity index (χ0) is 12.3. The van der Waals surface area contributed by atoms with Crippen LogP contribution in [0, 0.1) is 0 Å². The number of hydrogen-bond acceptors (Lipinski definition) is 1. The van der Waals surface area contributed by atoms with E-state index in [1.807, 2.05) is 24.3 Å². The highest BCUT2D eigenvalue weighted by atomic mass is 35.5. The van der Waals surface area contributed by atoms with Crippen molar-refractivity contribution >= 4 is 46.7 Å². The molecule has 17 heavy (non-hydrogen) atoms. The van der Waals surface area contributed by atoms with Crippen molar-refractivity contribution in [2.45, 2.75) is 0 Å². The van der Waals surface area contributed by atoms with Gasteiger partial charge < -0.3 is 0 Å². The number of hydrogen-bond donors (Lipinski definition) is 0. The van der Waals surface area contributed by atoms with Crippen LogP contribution in [0.2, 0.25) is 15.1 Å². The quantitative estimate of drug-likeness (QED) is 0.655. The summed E-state index contributed by atoms with van der Waals surface area (Å²) in [4.78, 5) is 4.29. The highest BCUT2D eigenvalue weighted by Gasteiger charge is 1.98. The minimum Gasteiger partial charge on any atom is -0.255 e. The van der Waals surface area contributed by atoms with Crippen LogP contribution in [0.3, 0.4) is 0 Å². The van der Waals surface area contributed by atoms with E-state index in [1.54, 1.807) is 24.4 Å². The number of benzene rings is 2. The van der Waals surface area contributed by atoms with Crippen molar-refractivity contribution in [3.8, 4) is 0 Å². The minimum absolute atomic E-state index is 0.530. The van der Waals surface area contributed by atoms with E-state index in [2.05, 4.69) is 4.99 Å². The molecular formula is C13H8Cl3N. The molecule has 0 aliphatic heterocycles. The van der Waals surface area contributed by atoms with Crippen molar-refractivity contribution in [1.29, 1.82) is 0 Å². The van der Waals surface area contributed by atoms with Crippen LogP contribution < -0.4 is 0 Å². The van der Waals surface area contributed by atoms with Gasteiger partial charge in [0, 0.05) is 16.3 Å². The fourth-order valence-corrected chi connectivity index (χ4v) is 1.86. The van der Waals surface area contributed by atoms with Crippen LogP contribution in [-0.4, -0.2) is 6.21 Å². The average Bonchev–Trinajstić information content (AvgIpc) is 2.30. The Kier molecular flexibility index (Phi) is 4.06. The lowest BCUT2D eigenvalue weighted by molar-refractivity contribution is 1.52. The highest BCUT2D eigenvalue weighted by molar-refractivity contribution is 6.36. The number of nitrogens with zero attached hydrogens (tertiary/aromatic N) is 1. The molecular weight excluding hydrogens is 277 g/mol. The molecule has 2 aromatic rings. The Morgan fingerprint density at radius 2 is 1.47 bits per heavy atom. The molecule has 2 rings (SSSR count). The lowest BCUT2D eigenvalue weighted by Gasteiger charge is -1.98. The van der Waals surface area contributed by atoms with Gasteiger partial charge in [-0.3, -0.25) is 4.99 Å². The fraction of sp³-hybridized carbons (Fsp3) is 0. The second kappa shape index (κ2) is 5.54. The molecule has 0 N–H and O–H groups in total. The fourth-order valence-electron chi connectivity index (χ4n) is 1.28. The van der Waals surface area contributed by atoms with Crippen molar-refractivity contribution in [2.24, 2.45) is 4.99 Å². The third-order valence-electron chi connectivity index (χ3n) is 2.13. The third-order valence-corrected chi connectivity index (χ3v) is 2.92. The second-order valence-electron chi connectivity index (χ2n) is 3.41. The van der Waals surface area contributed by atoms with E-state index in [1.165, 1.54) is 0 Å². The van der Waals surface area contributed by atoms with Crippen LogP contribution >= 0.6 is 34.8 Å². The molecule has 0 amide bonds. The molecule has 0 unspecified atom stereocenters. The van der Waals surface area contributed by atoms with Gasteiger partial charge in [0.2, 0.25) is 0 Å². The van der Waals surface area contributed by atoms with Gasteiger partial charge in [0.05, 0.1) is 10.7 Å². The summed E-state index contributed by atoms with van der Waals surface area (Å²) < 4.78 is 0. The van der Waals surface area contributed by atoms with Gasteiger partial charge in [-0.15, -0.1) is 0 Å². The van der Waals surface area contributed by atoms with Crippen LogP contribution in [0.1, 0.15) is 5.56 Å². The van der Waals surface area contributed by atoms with E-state index in [-0.39, 0.29) is 0 Å². The van der Waals surface area contributed by atoms with E-state index in [9.17, 15) is 0 Å². The molecule has 0 saturated heterocycles. The average molecular weight is 285 g/mol. The molecule has 0 saturated carbocycles. The Labute approximate surface area is 115 Å². The van der Waals surface area contributed by atoms with Crippen LogP contribution in [-0.2, 0) is 0 Å². The maximum Gasteiger partial charge on any atom is 0.0817 e. The van der Waals surface area contributed by atoms with Gasteiger partial charge in [-0.25, -0.2) is 0 Å². The molecule has 0 fully saturated rings. The van der Waals surface area contributed by atoms with Crippen molar-refractivity contribution in [2.75, 3.05) is 0 Å². The Balaban J connectivity index is 2.23. The smallest absolute Gasteiger partial charge is 0.0817 e. The van der Waals surface area contributed by atoms with Crippen molar-refractivity contribution in [3.05, 3.63) is 63.1 Å². The van der Waals surface area contributed by atoms with Crippen LogP contribution in [0.25, 0.3) is 0 Å². The van der Waals surface area contributed by atoms with Crippen LogP contribution in [0.5, 0.6) is 0 Å². The summed E-state index contributed by atoms with van der Waals surface area (Å²) in [6, 6.07) is 12.6. The van der Waals surface area contributed by atoms with E-state index in [4.69, 9.17) is 34.8 Å². The molecule has 0 aliphatic rings. The standard InChI is InChI=1S/C13H8Cl3N/c14-10-3-1-9(2-4-10)8-17-13-6-5-11(15)7-12(13)16/h1-8H. The van der Waals surface area contributed by atoms with Crippen LogP contribution in [0.15, 0.2) is 47.5 Å². The lowest BCUT2D eigenvalue weighted by atomic mass is 10.2. The van der Waals surface area contributed by atoms with E-state index in [0.717, 1.165) is 5.56 Å². The van der Waals surface area contributed by atoms with E-state index in [0.29, 0.717) is 20.8 Å². The predicted octanol–water partition coefficient (Wildman–Crippen LogP) is 5.40. The highest BCUT2D eigenvalue weighted by Crippen LogP contribution is 2.27. The van der Waals surface area contributed by atoms with Gasteiger partial charge in [0.15, 0.2) is 0 Å². The monoisotopic (exact) mass is 283 g/mol. The largest absolute Gasteiger partial charge is 0.255 e. The number of rotatable bonds is 2. The molecule has 1 nitrogen and oxygen atoms in total. The summed E-state index contributed by atoms with van der Waals surface area (Å²) in [6.07, 6.45) is 1.73. The lowest BCUT2D eigenvalue weighted by Crippen LogP contribution is -1.79. The molecule has 0 aliphatic carbocycles. The van der Waals surface area contributed by atoms with Gasteiger partial charge in [-0.05, 0) is 35.9 Å². The Hall–Kier alpha value is -1.02. The predicted molar refractivity (Wildman–Crippen MR) is 75.2 cm³/mol. The van der Waals surface area contributed by atoms with Crippen molar-refractivity contribution < 1.29 is 0 Å². The minimum atomic E-state index is 0.530. The Morgan fingerprint density at radius 3 is 2.12 bits per heavy atom. The second-order valence-corrected chi connectivity index (χ2v) is 4.69. The maximum absolute atomic E-state index is 6.00. The summed E-state index contributed by atoms with van der Waals surface area (Å²) in [5, 5.41) is 1.83. The summed E-state index contributed by atoms with van der Waals surface area (Å²) in [5.74, 6) is 0. The van der Waals surface area contributed by atoms with Crippen LogP contribution in [0.4, 0.5) is 5.69 Å². The molecule has 4 heteroatoms. The van der Waals surface area contributed by atoms with Crippen molar-refractivity contribution in [3.63, 3.8) is 0 Å². The zero-order valence-electron chi connectivity index (χ0n) is 8.70. The summed E-state index contributed by atoms with van der Waals surface area (Å²) in [5.41, 5.74) is 1.64. The van der Waals surface area contributed by atoms with Crippen molar-refractivity contribution in [1.82, 2.24) is 0 Å². The molecule has 0 radical (unpaired) electrons. The normalized spacial score (nSPS) is 11.0. The van der Waals surface area contributed by atoms with Gasteiger partial charge in [0.25, 0.3) is 0 Å². The van der Waals surface area contributed by atoms with Gasteiger partial charge in [-0.1, -0.05) is 46.9 Å². The zero-order valence-corrected chi connectivity index (χ0v) is 11.0. The molecule has 0 aromatic heterocycles. The maximum atomic E-state index is 6.00. The summed E-state index contributed by atoms with van der Waals surface area (Å²) in [6.45, 7) is 0. The van der Waals surface area contributed by atoms with Gasteiger partial charge in [0.1, 0.15) is 0 Å². The molecule has 0 heterocycles. The first-order valence-electron chi connectivity index (χ1n) is 4.90. The summed E-state index contributed by atoms with van der Waals surface area (Å²) >= 11 is 17.6. The number of aliphatic imine (C=N–C) groups is 1. The van der Waals surface area contributed by atoms with Gasteiger partial charge in [-0.2, -0.15) is 0 Å². The first-order valence-corrected chi connectivity index (χ1v) is 6.03. The molecule has 0 spiro atoms. The Bertz CT molecular complexity index is 547. The number of halogens is 3. The van der Waals surface area contributed by atoms with Gasteiger partial charge >= 0.3 is 0 Å². The molecule has 0 atom stereocenters. The first kappa shape index (κ1) is 12.4. The molecule has 2 aromatic carbocycles. The third kappa shape index (κ3) is 3.47. The summed E-state index contributed by atoms with van der Waals surface area (Å²) in [7, 11) is 0. The molecule has 86 valence electrons.